The van der Waals surface area contributed by atoms with E-state index in [2.05, 4.69) is 39.0 Å². The Morgan fingerprint density at radius 3 is 2.50 bits per heavy atom. The Kier molecular flexibility index (Phi) is 4.47. The van der Waals surface area contributed by atoms with Crippen molar-refractivity contribution in [3.63, 3.8) is 0 Å². The van der Waals surface area contributed by atoms with E-state index in [0.717, 1.165) is 19.3 Å². The average Bonchev–Trinajstić information content (AvgIpc) is 2.19. The summed E-state index contributed by atoms with van der Waals surface area (Å²) in [7, 11) is 0. The van der Waals surface area contributed by atoms with Crippen LogP contribution in [-0.4, -0.2) is 5.38 Å². The van der Waals surface area contributed by atoms with Gasteiger partial charge in [0.1, 0.15) is 0 Å². The number of benzene rings is 1. The first kappa shape index (κ1) is 11.6. The van der Waals surface area contributed by atoms with Crippen molar-refractivity contribution >= 4 is 11.6 Å². The molecule has 0 fully saturated rings. The summed E-state index contributed by atoms with van der Waals surface area (Å²) in [5.41, 5.74) is 4.16. The van der Waals surface area contributed by atoms with Gasteiger partial charge in [-0.05, 0) is 49.8 Å². The van der Waals surface area contributed by atoms with E-state index in [9.17, 15) is 0 Å². The second-order valence-electron chi connectivity index (χ2n) is 3.96. The number of alkyl halides is 1. The maximum Gasteiger partial charge on any atom is 0.0336 e. The van der Waals surface area contributed by atoms with Crippen LogP contribution in [0, 0.1) is 13.8 Å². The zero-order valence-corrected chi connectivity index (χ0v) is 10.1. The summed E-state index contributed by atoms with van der Waals surface area (Å²) in [4.78, 5) is 0. The topological polar surface area (TPSA) is 0 Å². The van der Waals surface area contributed by atoms with Gasteiger partial charge < -0.3 is 0 Å². The lowest BCUT2D eigenvalue weighted by atomic mass is 10.0. The summed E-state index contributed by atoms with van der Waals surface area (Å²) in [6, 6.07) is 6.68. The first-order valence-corrected chi connectivity index (χ1v) is 5.77. The van der Waals surface area contributed by atoms with Crippen LogP contribution in [0.2, 0.25) is 0 Å². The van der Waals surface area contributed by atoms with Crippen LogP contribution in [0.5, 0.6) is 0 Å². The van der Waals surface area contributed by atoms with E-state index in [-0.39, 0.29) is 0 Å². The predicted octanol–water partition coefficient (Wildman–Crippen LogP) is 4.25. The minimum atomic E-state index is 0.330. The molecule has 1 unspecified atom stereocenters. The molecule has 0 heterocycles. The van der Waals surface area contributed by atoms with Gasteiger partial charge in [0.15, 0.2) is 0 Å². The molecule has 0 radical (unpaired) electrons. The molecule has 14 heavy (non-hydrogen) atoms. The van der Waals surface area contributed by atoms with Crippen LogP contribution in [-0.2, 0) is 6.42 Å². The standard InChI is InChI=1S/C13H19Cl/c1-4-13(14)8-7-12-6-5-10(2)11(3)9-12/h5-6,9,13H,4,7-8H2,1-3H3. The van der Waals surface area contributed by atoms with Gasteiger partial charge in [-0.3, -0.25) is 0 Å². The van der Waals surface area contributed by atoms with E-state index in [1.165, 1.54) is 16.7 Å². The molecule has 0 saturated heterocycles. The molecule has 0 N–H and O–H groups in total. The fourth-order valence-corrected chi connectivity index (χ4v) is 1.60. The summed E-state index contributed by atoms with van der Waals surface area (Å²) < 4.78 is 0. The van der Waals surface area contributed by atoms with Gasteiger partial charge in [0.05, 0.1) is 0 Å². The molecule has 0 aromatic heterocycles. The molecule has 1 aromatic rings. The Morgan fingerprint density at radius 1 is 1.21 bits per heavy atom. The highest BCUT2D eigenvalue weighted by Gasteiger charge is 2.02. The highest BCUT2D eigenvalue weighted by Crippen LogP contribution is 2.15. The largest absolute Gasteiger partial charge is 0.123 e. The van der Waals surface area contributed by atoms with Crippen molar-refractivity contribution in [1.82, 2.24) is 0 Å². The summed E-state index contributed by atoms with van der Waals surface area (Å²) in [5, 5.41) is 0.330. The van der Waals surface area contributed by atoms with Crippen LogP contribution in [0.4, 0.5) is 0 Å². The van der Waals surface area contributed by atoms with Crippen molar-refractivity contribution in [1.29, 1.82) is 0 Å². The summed E-state index contributed by atoms with van der Waals surface area (Å²) >= 11 is 6.09. The van der Waals surface area contributed by atoms with Crippen molar-refractivity contribution in [3.05, 3.63) is 34.9 Å². The Bertz CT molecular complexity index is 291. The van der Waals surface area contributed by atoms with Crippen molar-refractivity contribution in [3.8, 4) is 0 Å². The maximum atomic E-state index is 6.09. The van der Waals surface area contributed by atoms with Crippen LogP contribution in [0.1, 0.15) is 36.5 Å². The molecule has 0 nitrogen and oxygen atoms in total. The third kappa shape index (κ3) is 3.34. The summed E-state index contributed by atoms with van der Waals surface area (Å²) in [6.45, 7) is 6.45. The molecule has 78 valence electrons. The SMILES string of the molecule is CCC(Cl)CCc1ccc(C)c(C)c1. The third-order valence-corrected chi connectivity index (χ3v) is 3.29. The van der Waals surface area contributed by atoms with Gasteiger partial charge in [0.2, 0.25) is 0 Å². The predicted molar refractivity (Wildman–Crippen MR) is 64.2 cm³/mol. The Hall–Kier alpha value is -0.490. The van der Waals surface area contributed by atoms with E-state index in [1.54, 1.807) is 0 Å². The molecular formula is C13H19Cl. The molecule has 0 amide bonds. The fraction of sp³-hybridized carbons (Fsp3) is 0.538. The lowest BCUT2D eigenvalue weighted by molar-refractivity contribution is 0.726. The highest BCUT2D eigenvalue weighted by molar-refractivity contribution is 6.20. The first-order valence-electron chi connectivity index (χ1n) is 5.33. The number of halogens is 1. The van der Waals surface area contributed by atoms with Crippen LogP contribution in [0.3, 0.4) is 0 Å². The molecule has 1 heteroatoms. The minimum absolute atomic E-state index is 0.330. The van der Waals surface area contributed by atoms with E-state index in [4.69, 9.17) is 11.6 Å². The van der Waals surface area contributed by atoms with Crippen molar-refractivity contribution in [2.75, 3.05) is 0 Å². The van der Waals surface area contributed by atoms with Gasteiger partial charge in [0.25, 0.3) is 0 Å². The monoisotopic (exact) mass is 210 g/mol. The van der Waals surface area contributed by atoms with Crippen LogP contribution in [0.15, 0.2) is 18.2 Å². The van der Waals surface area contributed by atoms with Gasteiger partial charge in [-0.15, -0.1) is 11.6 Å². The Labute approximate surface area is 92.3 Å². The zero-order chi connectivity index (χ0) is 10.6. The normalized spacial score (nSPS) is 12.9. The summed E-state index contributed by atoms with van der Waals surface area (Å²) in [5.74, 6) is 0. The smallest absolute Gasteiger partial charge is 0.0336 e. The molecule has 0 saturated carbocycles. The van der Waals surface area contributed by atoms with Crippen molar-refractivity contribution in [2.45, 2.75) is 45.4 Å². The van der Waals surface area contributed by atoms with Gasteiger partial charge >= 0.3 is 0 Å². The van der Waals surface area contributed by atoms with Gasteiger partial charge in [-0.25, -0.2) is 0 Å². The first-order chi connectivity index (χ1) is 6.63. The maximum absolute atomic E-state index is 6.09. The van der Waals surface area contributed by atoms with E-state index >= 15 is 0 Å². The zero-order valence-electron chi connectivity index (χ0n) is 9.31. The van der Waals surface area contributed by atoms with E-state index in [0.29, 0.717) is 5.38 Å². The lowest BCUT2D eigenvalue weighted by Gasteiger charge is -2.07. The van der Waals surface area contributed by atoms with Crippen LogP contribution < -0.4 is 0 Å². The van der Waals surface area contributed by atoms with Gasteiger partial charge in [-0.1, -0.05) is 25.1 Å². The van der Waals surface area contributed by atoms with E-state index in [1.807, 2.05) is 0 Å². The van der Waals surface area contributed by atoms with Crippen LogP contribution >= 0.6 is 11.6 Å². The number of hydrogen-bond donors (Lipinski definition) is 0. The Balaban J connectivity index is 2.55. The quantitative estimate of drug-likeness (QED) is 0.652. The van der Waals surface area contributed by atoms with Gasteiger partial charge in [-0.2, -0.15) is 0 Å². The minimum Gasteiger partial charge on any atom is -0.123 e. The second kappa shape index (κ2) is 5.41. The van der Waals surface area contributed by atoms with Crippen LogP contribution in [0.25, 0.3) is 0 Å². The lowest BCUT2D eigenvalue weighted by Crippen LogP contribution is -1.99. The molecule has 0 aliphatic heterocycles. The summed E-state index contributed by atoms with van der Waals surface area (Å²) in [6.07, 6.45) is 3.25. The van der Waals surface area contributed by atoms with Gasteiger partial charge in [0, 0.05) is 5.38 Å². The second-order valence-corrected chi connectivity index (χ2v) is 4.58. The van der Waals surface area contributed by atoms with E-state index < -0.39 is 0 Å². The highest BCUT2D eigenvalue weighted by atomic mass is 35.5. The molecule has 1 atom stereocenters. The Morgan fingerprint density at radius 2 is 1.93 bits per heavy atom. The molecule has 0 aliphatic rings. The van der Waals surface area contributed by atoms with Crippen molar-refractivity contribution in [2.24, 2.45) is 0 Å². The number of hydrogen-bond acceptors (Lipinski definition) is 0. The fourth-order valence-electron chi connectivity index (χ4n) is 1.49. The van der Waals surface area contributed by atoms with Crippen molar-refractivity contribution < 1.29 is 0 Å². The molecule has 1 rings (SSSR count). The molecule has 0 spiro atoms. The number of rotatable bonds is 4. The molecular weight excluding hydrogens is 192 g/mol. The molecule has 0 bridgehead atoms. The molecule has 0 aliphatic carbocycles. The third-order valence-electron chi connectivity index (χ3n) is 2.76. The average molecular weight is 211 g/mol. The number of aryl methyl sites for hydroxylation is 3. The molecule has 1 aromatic carbocycles.